The van der Waals surface area contributed by atoms with Gasteiger partial charge in [-0.15, -0.1) is 4.68 Å². The molecule has 0 N–H and O–H groups in total. The summed E-state index contributed by atoms with van der Waals surface area (Å²) in [5.41, 5.74) is 2.80. The average Bonchev–Trinajstić information content (AvgIpc) is 2.05. The molecule has 1 rings (SSSR count). The van der Waals surface area contributed by atoms with E-state index in [-0.39, 0.29) is 5.54 Å². The molecule has 0 atom stereocenters. The summed E-state index contributed by atoms with van der Waals surface area (Å²) < 4.78 is 4.51. The number of aryl methyl sites for hydroxylation is 2. The first-order valence-electron chi connectivity index (χ1n) is 4.40. The van der Waals surface area contributed by atoms with Gasteiger partial charge in [-0.2, -0.15) is 4.68 Å². The third-order valence-corrected chi connectivity index (χ3v) is 2.20. The maximum absolute atomic E-state index is 2.31. The summed E-state index contributed by atoms with van der Waals surface area (Å²) >= 11 is 0. The molecule has 0 aromatic carbocycles. The number of rotatable bonds is 0. The first-order valence-corrected chi connectivity index (χ1v) is 4.40. The third kappa shape index (κ3) is 1.38. The van der Waals surface area contributed by atoms with E-state index in [4.69, 9.17) is 0 Å². The van der Waals surface area contributed by atoms with Gasteiger partial charge in [-0.25, -0.2) is 0 Å². The predicted octanol–water partition coefficient (Wildman–Crippen LogP) is 1.68. The van der Waals surface area contributed by atoms with Gasteiger partial charge in [0.25, 0.3) is 0 Å². The number of aromatic nitrogens is 2. The Labute approximate surface area is 74.8 Å². The quantitative estimate of drug-likeness (QED) is 0.520. The molecule has 0 saturated heterocycles. The normalized spacial score (nSPS) is 12.2. The van der Waals surface area contributed by atoms with Gasteiger partial charge in [-0.05, 0) is 27.7 Å². The van der Waals surface area contributed by atoms with Crippen molar-refractivity contribution in [3.05, 3.63) is 17.5 Å². The zero-order valence-corrected chi connectivity index (χ0v) is 8.97. The Bertz CT molecular complexity index is 290. The van der Waals surface area contributed by atoms with E-state index in [2.05, 4.69) is 57.1 Å². The first kappa shape index (κ1) is 9.30. The summed E-state index contributed by atoms with van der Waals surface area (Å²) in [7, 11) is 2.10. The highest BCUT2D eigenvalue weighted by Gasteiger charge is 2.24. The second kappa shape index (κ2) is 2.61. The Kier molecular flexibility index (Phi) is 2.02. The Balaban J connectivity index is 3.32. The smallest absolute Gasteiger partial charge is 0.153 e. The fourth-order valence-corrected chi connectivity index (χ4v) is 1.83. The van der Waals surface area contributed by atoms with E-state index in [1.807, 2.05) is 0 Å². The zero-order chi connectivity index (χ0) is 9.52. The van der Waals surface area contributed by atoms with Crippen LogP contribution < -0.4 is 4.68 Å². The fraction of sp³-hybridized carbons (Fsp3) is 0.700. The molecule has 0 aliphatic carbocycles. The van der Waals surface area contributed by atoms with Crippen LogP contribution in [0.1, 0.15) is 32.2 Å². The first-order chi connectivity index (χ1) is 5.34. The fourth-order valence-electron chi connectivity index (χ4n) is 1.83. The van der Waals surface area contributed by atoms with Crippen molar-refractivity contribution in [2.75, 3.05) is 0 Å². The lowest BCUT2D eigenvalue weighted by Gasteiger charge is -2.18. The predicted molar refractivity (Wildman–Crippen MR) is 50.1 cm³/mol. The van der Waals surface area contributed by atoms with Crippen LogP contribution in [0.3, 0.4) is 0 Å². The zero-order valence-electron chi connectivity index (χ0n) is 8.97. The van der Waals surface area contributed by atoms with E-state index in [0.29, 0.717) is 0 Å². The van der Waals surface area contributed by atoms with Crippen molar-refractivity contribution < 1.29 is 4.68 Å². The van der Waals surface area contributed by atoms with E-state index in [0.717, 1.165) is 0 Å². The second-order valence-corrected chi connectivity index (χ2v) is 4.43. The van der Waals surface area contributed by atoms with Crippen molar-refractivity contribution in [2.45, 2.75) is 40.2 Å². The molecule has 68 valence electrons. The van der Waals surface area contributed by atoms with E-state index in [9.17, 15) is 0 Å². The van der Waals surface area contributed by atoms with Crippen molar-refractivity contribution in [3.63, 3.8) is 0 Å². The minimum atomic E-state index is 0.174. The molecule has 2 heteroatoms. The summed E-state index contributed by atoms with van der Waals surface area (Å²) in [4.78, 5) is 0. The number of hydrogen-bond acceptors (Lipinski definition) is 0. The van der Waals surface area contributed by atoms with Crippen LogP contribution in [0, 0.1) is 13.8 Å². The molecule has 0 spiro atoms. The van der Waals surface area contributed by atoms with Crippen molar-refractivity contribution in [2.24, 2.45) is 7.05 Å². The van der Waals surface area contributed by atoms with Gasteiger partial charge >= 0.3 is 0 Å². The molecule has 0 saturated carbocycles. The highest BCUT2D eigenvalue weighted by atomic mass is 15.4. The molecule has 1 aromatic rings. The second-order valence-electron chi connectivity index (χ2n) is 4.43. The van der Waals surface area contributed by atoms with Crippen molar-refractivity contribution >= 4 is 0 Å². The van der Waals surface area contributed by atoms with Crippen LogP contribution in [0.5, 0.6) is 0 Å². The van der Waals surface area contributed by atoms with Crippen LogP contribution in [0.2, 0.25) is 0 Å². The highest BCUT2D eigenvalue weighted by Crippen LogP contribution is 2.14. The number of nitrogens with zero attached hydrogens (tertiary/aromatic N) is 2. The monoisotopic (exact) mass is 167 g/mol. The number of hydrogen-bond donors (Lipinski definition) is 0. The molecule has 0 bridgehead atoms. The van der Waals surface area contributed by atoms with Crippen LogP contribution in [0.15, 0.2) is 6.07 Å². The minimum Gasteiger partial charge on any atom is -0.153 e. The van der Waals surface area contributed by atoms with Gasteiger partial charge in [0.05, 0.1) is 11.2 Å². The van der Waals surface area contributed by atoms with E-state index >= 15 is 0 Å². The highest BCUT2D eigenvalue weighted by molar-refractivity contribution is 5.03. The van der Waals surface area contributed by atoms with E-state index in [1.54, 1.807) is 0 Å². The molecule has 0 fully saturated rings. The van der Waals surface area contributed by atoms with Crippen LogP contribution in [-0.4, -0.2) is 4.68 Å². The maximum Gasteiger partial charge on any atom is 0.204 e. The minimum absolute atomic E-state index is 0.174. The van der Waals surface area contributed by atoms with Gasteiger partial charge in [0.15, 0.2) is 7.05 Å². The van der Waals surface area contributed by atoms with E-state index < -0.39 is 0 Å². The van der Waals surface area contributed by atoms with Crippen molar-refractivity contribution in [1.82, 2.24) is 4.68 Å². The van der Waals surface area contributed by atoms with E-state index in [1.165, 1.54) is 11.4 Å². The Morgan fingerprint density at radius 2 is 1.75 bits per heavy atom. The van der Waals surface area contributed by atoms with Crippen LogP contribution in [0.4, 0.5) is 0 Å². The van der Waals surface area contributed by atoms with Gasteiger partial charge in [0.1, 0.15) is 0 Å². The molecule has 2 nitrogen and oxygen atoms in total. The molecule has 1 aromatic heterocycles. The topological polar surface area (TPSA) is 8.81 Å². The molecule has 1 heterocycles. The summed E-state index contributed by atoms with van der Waals surface area (Å²) in [5.74, 6) is 0. The van der Waals surface area contributed by atoms with Crippen LogP contribution >= 0.6 is 0 Å². The molecule has 0 aliphatic rings. The Hall–Kier alpha value is -0.790. The largest absolute Gasteiger partial charge is 0.204 e. The van der Waals surface area contributed by atoms with Gasteiger partial charge in [0, 0.05) is 13.0 Å². The van der Waals surface area contributed by atoms with Gasteiger partial charge in [-0.1, -0.05) is 0 Å². The molecule has 0 amide bonds. The SMILES string of the molecule is Cc1cc(C)[n+](C)n1C(C)(C)C. The Morgan fingerprint density at radius 1 is 1.25 bits per heavy atom. The standard InChI is InChI=1S/C10H19N2/c1-8-7-9(2)12(11(8)6)10(3,4)5/h7H,1-6H3/q+1. The lowest BCUT2D eigenvalue weighted by Crippen LogP contribution is -2.48. The van der Waals surface area contributed by atoms with Gasteiger partial charge in [-0.3, -0.25) is 0 Å². The van der Waals surface area contributed by atoms with Crippen LogP contribution in [-0.2, 0) is 12.6 Å². The lowest BCUT2D eigenvalue weighted by atomic mass is 10.1. The van der Waals surface area contributed by atoms with Gasteiger partial charge < -0.3 is 0 Å². The molecule has 0 unspecified atom stereocenters. The lowest BCUT2D eigenvalue weighted by molar-refractivity contribution is -0.765. The molecule has 12 heavy (non-hydrogen) atoms. The third-order valence-electron chi connectivity index (χ3n) is 2.20. The van der Waals surface area contributed by atoms with Crippen molar-refractivity contribution in [3.8, 4) is 0 Å². The summed E-state index contributed by atoms with van der Waals surface area (Å²) in [5, 5.41) is 0. The molecular weight excluding hydrogens is 148 g/mol. The van der Waals surface area contributed by atoms with Crippen molar-refractivity contribution in [1.29, 1.82) is 0 Å². The average molecular weight is 167 g/mol. The molecule has 0 radical (unpaired) electrons. The van der Waals surface area contributed by atoms with Crippen LogP contribution in [0.25, 0.3) is 0 Å². The van der Waals surface area contributed by atoms with Gasteiger partial charge in [0.2, 0.25) is 5.69 Å². The summed E-state index contributed by atoms with van der Waals surface area (Å²) in [6.45, 7) is 11.0. The molecular formula is C10H19N2+. The Morgan fingerprint density at radius 3 is 1.92 bits per heavy atom. The summed E-state index contributed by atoms with van der Waals surface area (Å²) in [6, 6.07) is 2.21. The summed E-state index contributed by atoms with van der Waals surface area (Å²) in [6.07, 6.45) is 0. The molecule has 0 aliphatic heterocycles. The maximum atomic E-state index is 2.31.